The molecule has 1 amide bonds. The summed E-state index contributed by atoms with van der Waals surface area (Å²) < 4.78 is 0. The highest BCUT2D eigenvalue weighted by Gasteiger charge is 2.26. The van der Waals surface area contributed by atoms with Crippen LogP contribution in [0.1, 0.15) is 32.1 Å². The average molecular weight is 182 g/mol. The van der Waals surface area contributed by atoms with E-state index in [0.29, 0.717) is 11.9 Å². The molecule has 3 nitrogen and oxygen atoms in total. The molecule has 1 unspecified atom stereocenters. The zero-order valence-corrected chi connectivity index (χ0v) is 8.09. The lowest BCUT2D eigenvalue weighted by molar-refractivity contribution is -0.135. The maximum Gasteiger partial charge on any atom is 0.222 e. The van der Waals surface area contributed by atoms with Crippen LogP contribution in [0.3, 0.4) is 0 Å². The topological polar surface area (TPSA) is 32.3 Å². The summed E-state index contributed by atoms with van der Waals surface area (Å²) in [5.74, 6) is 0.381. The molecule has 74 valence electrons. The Morgan fingerprint density at radius 2 is 2.23 bits per heavy atom. The minimum absolute atomic E-state index is 0.381. The molecule has 0 aromatic heterocycles. The lowest BCUT2D eigenvalue weighted by atomic mass is 10.00. The zero-order valence-electron chi connectivity index (χ0n) is 8.09. The summed E-state index contributed by atoms with van der Waals surface area (Å²) in [7, 11) is 0. The van der Waals surface area contributed by atoms with E-state index in [0.717, 1.165) is 32.5 Å². The second kappa shape index (κ2) is 4.09. The third-order valence-electron chi connectivity index (χ3n) is 3.10. The molecular weight excluding hydrogens is 164 g/mol. The number of hydrogen-bond acceptors (Lipinski definition) is 2. The highest BCUT2D eigenvalue weighted by Crippen LogP contribution is 2.18. The van der Waals surface area contributed by atoms with Crippen molar-refractivity contribution in [2.75, 3.05) is 19.6 Å². The summed E-state index contributed by atoms with van der Waals surface area (Å²) in [4.78, 5) is 13.8. The van der Waals surface area contributed by atoms with Crippen LogP contribution in [-0.4, -0.2) is 36.5 Å². The predicted octanol–water partition coefficient (Wildman–Crippen LogP) is 0.751. The van der Waals surface area contributed by atoms with Crippen LogP contribution in [0.25, 0.3) is 0 Å². The number of hydrogen-bond donors (Lipinski definition) is 1. The highest BCUT2D eigenvalue weighted by molar-refractivity contribution is 5.76. The van der Waals surface area contributed by atoms with Crippen molar-refractivity contribution in [2.24, 2.45) is 0 Å². The van der Waals surface area contributed by atoms with Crippen molar-refractivity contribution in [3.63, 3.8) is 0 Å². The van der Waals surface area contributed by atoms with E-state index in [1.807, 2.05) is 0 Å². The van der Waals surface area contributed by atoms with Crippen LogP contribution >= 0.6 is 0 Å². The van der Waals surface area contributed by atoms with Crippen molar-refractivity contribution in [1.82, 2.24) is 10.2 Å². The third kappa shape index (κ3) is 2.02. The summed E-state index contributed by atoms with van der Waals surface area (Å²) in [6.45, 7) is 2.90. The fourth-order valence-electron chi connectivity index (χ4n) is 2.32. The molecule has 2 saturated heterocycles. The van der Waals surface area contributed by atoms with Crippen LogP contribution in [0.15, 0.2) is 0 Å². The van der Waals surface area contributed by atoms with Crippen molar-refractivity contribution in [2.45, 2.75) is 38.1 Å². The Labute approximate surface area is 79.5 Å². The van der Waals surface area contributed by atoms with Crippen LogP contribution in [0.4, 0.5) is 0 Å². The summed E-state index contributed by atoms with van der Waals surface area (Å²) in [5.41, 5.74) is 0. The Bertz CT molecular complexity index is 193. The smallest absolute Gasteiger partial charge is 0.222 e. The molecule has 2 aliphatic heterocycles. The van der Waals surface area contributed by atoms with Gasteiger partial charge in [-0.15, -0.1) is 0 Å². The van der Waals surface area contributed by atoms with E-state index in [-0.39, 0.29) is 0 Å². The fraction of sp³-hybridized carbons (Fsp3) is 0.900. The molecule has 13 heavy (non-hydrogen) atoms. The van der Waals surface area contributed by atoms with Gasteiger partial charge in [-0.25, -0.2) is 0 Å². The number of nitrogens with zero attached hydrogens (tertiary/aromatic N) is 1. The van der Waals surface area contributed by atoms with Crippen molar-refractivity contribution in [3.05, 3.63) is 0 Å². The number of amides is 1. The molecule has 2 aliphatic rings. The van der Waals surface area contributed by atoms with E-state index < -0.39 is 0 Å². The fourth-order valence-corrected chi connectivity index (χ4v) is 2.32. The minimum Gasteiger partial charge on any atom is -0.337 e. The minimum atomic E-state index is 0.381. The Hall–Kier alpha value is -0.570. The maximum absolute atomic E-state index is 11.7. The zero-order chi connectivity index (χ0) is 9.10. The standard InChI is InChI=1S/C10H18N2O/c13-10-5-3-1-2-4-9-8-11-6-7-12(9)10/h9,11H,1-8H2. The van der Waals surface area contributed by atoms with Crippen molar-refractivity contribution >= 4 is 5.91 Å². The Morgan fingerprint density at radius 1 is 1.31 bits per heavy atom. The van der Waals surface area contributed by atoms with Gasteiger partial charge in [-0.2, -0.15) is 0 Å². The molecule has 1 atom stereocenters. The van der Waals surface area contributed by atoms with Gasteiger partial charge >= 0.3 is 0 Å². The van der Waals surface area contributed by atoms with Gasteiger partial charge in [-0.1, -0.05) is 12.8 Å². The third-order valence-corrected chi connectivity index (χ3v) is 3.10. The van der Waals surface area contributed by atoms with Crippen LogP contribution in [0.5, 0.6) is 0 Å². The number of nitrogens with one attached hydrogen (secondary N) is 1. The van der Waals surface area contributed by atoms with Gasteiger partial charge in [0, 0.05) is 32.1 Å². The van der Waals surface area contributed by atoms with E-state index in [2.05, 4.69) is 10.2 Å². The molecule has 0 aliphatic carbocycles. The van der Waals surface area contributed by atoms with E-state index in [4.69, 9.17) is 0 Å². The molecule has 0 aromatic rings. The van der Waals surface area contributed by atoms with Crippen LogP contribution < -0.4 is 5.32 Å². The largest absolute Gasteiger partial charge is 0.337 e. The highest BCUT2D eigenvalue weighted by atomic mass is 16.2. The molecule has 0 aromatic carbocycles. The first-order valence-electron chi connectivity index (χ1n) is 5.38. The number of carbonyl (C=O) groups excluding carboxylic acids is 1. The van der Waals surface area contributed by atoms with E-state index in [1.165, 1.54) is 19.3 Å². The molecule has 1 N–H and O–H groups in total. The monoisotopic (exact) mass is 182 g/mol. The Kier molecular flexibility index (Phi) is 2.83. The molecule has 2 rings (SSSR count). The Balaban J connectivity index is 2.02. The lowest BCUT2D eigenvalue weighted by Gasteiger charge is -2.37. The normalized spacial score (nSPS) is 30.6. The summed E-state index contributed by atoms with van der Waals surface area (Å²) >= 11 is 0. The van der Waals surface area contributed by atoms with Crippen LogP contribution in [0.2, 0.25) is 0 Å². The van der Waals surface area contributed by atoms with Gasteiger partial charge in [0.15, 0.2) is 0 Å². The molecule has 0 spiro atoms. The first kappa shape index (κ1) is 9.00. The van der Waals surface area contributed by atoms with Gasteiger partial charge in [0.05, 0.1) is 0 Å². The first-order chi connectivity index (χ1) is 6.38. The molecule has 0 radical (unpaired) electrons. The van der Waals surface area contributed by atoms with Gasteiger partial charge in [0.25, 0.3) is 0 Å². The van der Waals surface area contributed by atoms with Gasteiger partial charge in [0.2, 0.25) is 5.91 Å². The lowest BCUT2D eigenvalue weighted by Crippen LogP contribution is -2.53. The van der Waals surface area contributed by atoms with E-state index >= 15 is 0 Å². The second-order valence-electron chi connectivity index (χ2n) is 4.04. The number of carbonyl (C=O) groups is 1. The molecule has 3 heteroatoms. The average Bonchev–Trinajstić information content (AvgIpc) is 2.14. The SMILES string of the molecule is O=C1CCCCCC2CNCCN12. The van der Waals surface area contributed by atoms with Crippen molar-refractivity contribution in [1.29, 1.82) is 0 Å². The number of fused-ring (bicyclic) bond motifs is 1. The molecular formula is C10H18N2O. The summed E-state index contributed by atoms with van der Waals surface area (Å²) in [5, 5.41) is 3.36. The number of rotatable bonds is 0. The summed E-state index contributed by atoms with van der Waals surface area (Å²) in [6.07, 6.45) is 5.58. The quantitative estimate of drug-likeness (QED) is 0.599. The predicted molar refractivity (Wildman–Crippen MR) is 51.5 cm³/mol. The summed E-state index contributed by atoms with van der Waals surface area (Å²) in [6, 6.07) is 0.488. The van der Waals surface area contributed by atoms with Crippen molar-refractivity contribution in [3.8, 4) is 0 Å². The van der Waals surface area contributed by atoms with Crippen LogP contribution in [0, 0.1) is 0 Å². The van der Waals surface area contributed by atoms with Gasteiger partial charge in [0.1, 0.15) is 0 Å². The second-order valence-corrected chi connectivity index (χ2v) is 4.04. The Morgan fingerprint density at radius 3 is 3.15 bits per heavy atom. The van der Waals surface area contributed by atoms with E-state index in [9.17, 15) is 4.79 Å². The van der Waals surface area contributed by atoms with Crippen LogP contribution in [-0.2, 0) is 4.79 Å². The molecule has 2 heterocycles. The van der Waals surface area contributed by atoms with Crippen molar-refractivity contribution < 1.29 is 4.79 Å². The first-order valence-corrected chi connectivity index (χ1v) is 5.38. The van der Waals surface area contributed by atoms with E-state index in [1.54, 1.807) is 0 Å². The number of piperazine rings is 1. The van der Waals surface area contributed by atoms with Gasteiger partial charge < -0.3 is 10.2 Å². The van der Waals surface area contributed by atoms with Gasteiger partial charge in [-0.3, -0.25) is 4.79 Å². The molecule has 2 fully saturated rings. The van der Waals surface area contributed by atoms with Gasteiger partial charge in [-0.05, 0) is 12.8 Å². The molecule has 0 saturated carbocycles. The maximum atomic E-state index is 11.7. The molecule has 0 bridgehead atoms.